The molecular weight excluding hydrogens is 364 g/mol. The van der Waals surface area contributed by atoms with Crippen molar-refractivity contribution in [1.82, 2.24) is 9.55 Å². The van der Waals surface area contributed by atoms with Gasteiger partial charge >= 0.3 is 0 Å². The molecule has 3 N–H and O–H groups in total. The van der Waals surface area contributed by atoms with Crippen LogP contribution < -0.4 is 16.6 Å². The van der Waals surface area contributed by atoms with Gasteiger partial charge in [-0.25, -0.2) is 4.98 Å². The molecule has 3 aromatic rings. The van der Waals surface area contributed by atoms with Gasteiger partial charge in [0.05, 0.1) is 16.5 Å². The number of aryl methyl sites for hydroxylation is 1. The van der Waals surface area contributed by atoms with E-state index in [0.717, 1.165) is 31.5 Å². The maximum absolute atomic E-state index is 12.8. The van der Waals surface area contributed by atoms with Crippen LogP contribution in [0.15, 0.2) is 34.4 Å². The number of carbonyl (C=O) groups is 2. The Kier molecular flexibility index (Phi) is 4.49. The number of nitrogens with one attached hydrogen (secondary N) is 1. The van der Waals surface area contributed by atoms with Crippen molar-refractivity contribution in [2.45, 2.75) is 32.2 Å². The first-order valence-corrected chi connectivity index (χ1v) is 9.64. The SMILES string of the molecule is NC(=O)c1ccsc1NC(=O)c1ccc2c(=O)n3c(nc2c1)CCCCC3. The number of hydrogen-bond donors (Lipinski definition) is 2. The van der Waals surface area contributed by atoms with Crippen LogP contribution in [0.25, 0.3) is 10.9 Å². The Hall–Kier alpha value is -3.00. The number of carbonyl (C=O) groups excluding carboxylic acids is 2. The molecule has 0 unspecified atom stereocenters. The number of primary amides is 1. The van der Waals surface area contributed by atoms with Crippen LogP contribution in [0.2, 0.25) is 0 Å². The third kappa shape index (κ3) is 3.23. The molecule has 0 saturated carbocycles. The van der Waals surface area contributed by atoms with E-state index in [0.29, 0.717) is 28.0 Å². The number of thiophene rings is 1. The second-order valence-electron chi connectivity index (χ2n) is 6.51. The van der Waals surface area contributed by atoms with Gasteiger partial charge < -0.3 is 11.1 Å². The third-order valence-corrected chi connectivity index (χ3v) is 5.57. The molecule has 0 aliphatic carbocycles. The summed E-state index contributed by atoms with van der Waals surface area (Å²) in [5, 5.41) is 5.31. The smallest absolute Gasteiger partial charge is 0.261 e. The van der Waals surface area contributed by atoms with E-state index in [1.165, 1.54) is 11.3 Å². The topological polar surface area (TPSA) is 107 Å². The van der Waals surface area contributed by atoms with E-state index in [9.17, 15) is 14.4 Å². The summed E-state index contributed by atoms with van der Waals surface area (Å²) in [5.41, 5.74) is 6.42. The number of hydrogen-bond acceptors (Lipinski definition) is 5. The van der Waals surface area contributed by atoms with Gasteiger partial charge in [-0.3, -0.25) is 19.0 Å². The van der Waals surface area contributed by atoms with Crippen LogP contribution in [-0.2, 0) is 13.0 Å². The Morgan fingerprint density at radius 2 is 2.04 bits per heavy atom. The molecule has 0 bridgehead atoms. The molecule has 3 heterocycles. The second-order valence-corrected chi connectivity index (χ2v) is 7.43. The van der Waals surface area contributed by atoms with Gasteiger partial charge in [0.1, 0.15) is 10.8 Å². The molecular formula is C19H18N4O3S. The van der Waals surface area contributed by atoms with E-state index in [4.69, 9.17) is 5.73 Å². The fraction of sp³-hybridized carbons (Fsp3) is 0.263. The van der Waals surface area contributed by atoms with Crippen molar-refractivity contribution in [2.75, 3.05) is 5.32 Å². The van der Waals surface area contributed by atoms with Crippen molar-refractivity contribution in [1.29, 1.82) is 0 Å². The highest BCUT2D eigenvalue weighted by Gasteiger charge is 2.17. The average Bonchev–Trinajstić information content (AvgIpc) is 2.98. The highest BCUT2D eigenvalue weighted by molar-refractivity contribution is 7.14. The van der Waals surface area contributed by atoms with E-state index >= 15 is 0 Å². The minimum atomic E-state index is -0.595. The molecule has 1 aromatic carbocycles. The molecule has 2 aromatic heterocycles. The summed E-state index contributed by atoms with van der Waals surface area (Å²) in [5.74, 6) is -0.196. The van der Waals surface area contributed by atoms with E-state index in [-0.39, 0.29) is 17.0 Å². The predicted octanol–water partition coefficient (Wildman–Crippen LogP) is 2.54. The van der Waals surface area contributed by atoms with Gasteiger partial charge in [-0.2, -0.15) is 0 Å². The van der Waals surface area contributed by atoms with Gasteiger partial charge in [-0.1, -0.05) is 6.42 Å². The molecule has 0 atom stereocenters. The van der Waals surface area contributed by atoms with E-state index < -0.39 is 5.91 Å². The summed E-state index contributed by atoms with van der Waals surface area (Å²) < 4.78 is 1.75. The Morgan fingerprint density at radius 3 is 2.85 bits per heavy atom. The van der Waals surface area contributed by atoms with Gasteiger partial charge in [0.2, 0.25) is 0 Å². The number of nitrogens with two attached hydrogens (primary N) is 1. The normalized spacial score (nSPS) is 13.8. The molecule has 7 nitrogen and oxygen atoms in total. The number of nitrogens with zero attached hydrogens (tertiary/aromatic N) is 2. The summed E-state index contributed by atoms with van der Waals surface area (Å²) in [6.07, 6.45) is 3.82. The number of benzene rings is 1. The van der Waals surface area contributed by atoms with Gasteiger partial charge in [-0.05, 0) is 42.5 Å². The number of rotatable bonds is 3. The zero-order valence-electron chi connectivity index (χ0n) is 14.5. The van der Waals surface area contributed by atoms with Crippen LogP contribution >= 0.6 is 11.3 Å². The molecule has 138 valence electrons. The Morgan fingerprint density at radius 1 is 1.19 bits per heavy atom. The highest BCUT2D eigenvalue weighted by atomic mass is 32.1. The number of fused-ring (bicyclic) bond motifs is 2. The quantitative estimate of drug-likeness (QED) is 0.726. The van der Waals surface area contributed by atoms with Crippen molar-refractivity contribution in [3.05, 3.63) is 57.0 Å². The molecule has 0 fully saturated rings. The molecule has 4 rings (SSSR count). The first-order chi connectivity index (χ1) is 13.0. The lowest BCUT2D eigenvalue weighted by atomic mass is 10.1. The second kappa shape index (κ2) is 6.96. The van der Waals surface area contributed by atoms with Gasteiger partial charge in [0.25, 0.3) is 17.4 Å². The standard InChI is InChI=1S/C19H18N4O3S/c20-16(24)13-7-9-27-18(13)22-17(25)11-5-6-12-14(10-11)21-15-4-2-1-3-8-23(15)19(12)26/h5-7,9-10H,1-4,8H2,(H2,20,24)(H,22,25). The summed E-state index contributed by atoms with van der Waals surface area (Å²) >= 11 is 1.23. The van der Waals surface area contributed by atoms with Crippen molar-refractivity contribution < 1.29 is 9.59 Å². The first-order valence-electron chi connectivity index (χ1n) is 8.77. The van der Waals surface area contributed by atoms with Crippen LogP contribution in [0.3, 0.4) is 0 Å². The average molecular weight is 382 g/mol. The lowest BCUT2D eigenvalue weighted by Crippen LogP contribution is -2.24. The summed E-state index contributed by atoms with van der Waals surface area (Å²) in [4.78, 5) is 41.4. The monoisotopic (exact) mass is 382 g/mol. The van der Waals surface area contributed by atoms with E-state index in [1.54, 1.807) is 34.2 Å². The van der Waals surface area contributed by atoms with E-state index in [1.807, 2.05) is 0 Å². The highest BCUT2D eigenvalue weighted by Crippen LogP contribution is 2.24. The zero-order chi connectivity index (χ0) is 19.0. The predicted molar refractivity (Wildman–Crippen MR) is 104 cm³/mol. The molecule has 27 heavy (non-hydrogen) atoms. The van der Waals surface area contributed by atoms with Crippen molar-refractivity contribution in [3.8, 4) is 0 Å². The maximum atomic E-state index is 12.8. The first kappa shape index (κ1) is 17.4. The van der Waals surface area contributed by atoms with Crippen LogP contribution in [0, 0.1) is 0 Å². The summed E-state index contributed by atoms with van der Waals surface area (Å²) in [7, 11) is 0. The third-order valence-electron chi connectivity index (χ3n) is 4.74. The Labute approximate surface area is 158 Å². The van der Waals surface area contributed by atoms with Crippen LogP contribution in [0.1, 0.15) is 45.8 Å². The van der Waals surface area contributed by atoms with Gasteiger partial charge in [-0.15, -0.1) is 11.3 Å². The molecule has 0 saturated heterocycles. The fourth-order valence-electron chi connectivity index (χ4n) is 3.33. The molecule has 8 heteroatoms. The number of amides is 2. The van der Waals surface area contributed by atoms with Crippen molar-refractivity contribution in [3.63, 3.8) is 0 Å². The van der Waals surface area contributed by atoms with Crippen LogP contribution in [0.4, 0.5) is 5.00 Å². The lowest BCUT2D eigenvalue weighted by molar-refractivity contribution is 0.100. The molecule has 1 aliphatic heterocycles. The number of anilines is 1. The minimum absolute atomic E-state index is 0.0573. The lowest BCUT2D eigenvalue weighted by Gasteiger charge is -2.11. The Bertz CT molecular complexity index is 1120. The van der Waals surface area contributed by atoms with Crippen molar-refractivity contribution >= 4 is 39.1 Å². The van der Waals surface area contributed by atoms with Crippen LogP contribution in [-0.4, -0.2) is 21.4 Å². The Balaban J connectivity index is 1.71. The summed E-state index contributed by atoms with van der Waals surface area (Å²) in [6.45, 7) is 0.688. The largest absolute Gasteiger partial charge is 0.366 e. The summed E-state index contributed by atoms with van der Waals surface area (Å²) in [6, 6.07) is 6.43. The fourth-order valence-corrected chi connectivity index (χ4v) is 4.12. The minimum Gasteiger partial charge on any atom is -0.366 e. The van der Waals surface area contributed by atoms with Gasteiger partial charge in [0.15, 0.2) is 0 Å². The number of aromatic nitrogens is 2. The molecule has 0 spiro atoms. The van der Waals surface area contributed by atoms with Crippen molar-refractivity contribution in [2.24, 2.45) is 5.73 Å². The van der Waals surface area contributed by atoms with Crippen LogP contribution in [0.5, 0.6) is 0 Å². The maximum Gasteiger partial charge on any atom is 0.261 e. The van der Waals surface area contributed by atoms with Gasteiger partial charge in [0, 0.05) is 18.5 Å². The molecule has 0 radical (unpaired) electrons. The molecule has 1 aliphatic rings. The van der Waals surface area contributed by atoms with E-state index in [2.05, 4.69) is 10.3 Å². The molecule has 2 amide bonds. The zero-order valence-corrected chi connectivity index (χ0v) is 15.3.